The minimum atomic E-state index is -0.394. The zero-order valence-corrected chi connectivity index (χ0v) is 25.5. The summed E-state index contributed by atoms with van der Waals surface area (Å²) in [4.78, 5) is 2.61. The molecule has 2 aromatic heterocycles. The second kappa shape index (κ2) is 8.81. The van der Waals surface area contributed by atoms with E-state index in [-0.39, 0.29) is 0 Å². The van der Waals surface area contributed by atoms with Crippen LogP contribution in [0.15, 0.2) is 166 Å². The second-order valence-electron chi connectivity index (χ2n) is 12.4. The molecule has 46 heavy (non-hydrogen) atoms. The van der Waals surface area contributed by atoms with E-state index < -0.39 is 5.41 Å². The van der Waals surface area contributed by atoms with Crippen molar-refractivity contribution < 1.29 is 4.42 Å². The molecule has 0 bridgehead atoms. The predicted molar refractivity (Wildman–Crippen MR) is 189 cm³/mol. The zero-order valence-electron chi connectivity index (χ0n) is 24.7. The van der Waals surface area contributed by atoms with Crippen LogP contribution >= 0.6 is 11.8 Å². The first-order valence-corrected chi connectivity index (χ1v) is 16.6. The summed E-state index contributed by atoms with van der Waals surface area (Å²) in [6.45, 7) is 0. The fourth-order valence-corrected chi connectivity index (χ4v) is 9.66. The van der Waals surface area contributed by atoms with E-state index in [0.717, 1.165) is 27.6 Å². The summed E-state index contributed by atoms with van der Waals surface area (Å²) in [7, 11) is 0. The van der Waals surface area contributed by atoms with E-state index in [1.807, 2.05) is 23.9 Å². The lowest BCUT2D eigenvalue weighted by molar-refractivity contribution is 0.668. The van der Waals surface area contributed by atoms with Crippen molar-refractivity contribution >= 4 is 55.5 Å². The highest BCUT2D eigenvalue weighted by Gasteiger charge is 2.50. The molecule has 1 spiro atoms. The number of aromatic nitrogens is 1. The molecule has 3 heterocycles. The maximum Gasteiger partial charge on any atom is 0.137 e. The Hall–Kier alpha value is -5.51. The molecule has 9 aromatic rings. The van der Waals surface area contributed by atoms with Crippen LogP contribution in [0, 0.1) is 0 Å². The van der Waals surface area contributed by atoms with Crippen molar-refractivity contribution in [3.8, 4) is 16.8 Å². The maximum atomic E-state index is 6.36. The molecule has 2 nitrogen and oxygen atoms in total. The summed E-state index contributed by atoms with van der Waals surface area (Å²) in [5, 5.41) is 4.81. The third-order valence-electron chi connectivity index (χ3n) is 10.3. The van der Waals surface area contributed by atoms with E-state index >= 15 is 0 Å². The summed E-state index contributed by atoms with van der Waals surface area (Å²) >= 11 is 1.89. The van der Waals surface area contributed by atoms with Gasteiger partial charge in [-0.15, -0.1) is 0 Å². The number of para-hydroxylation sites is 2. The first kappa shape index (κ1) is 24.8. The molecule has 0 fully saturated rings. The van der Waals surface area contributed by atoms with Crippen LogP contribution in [0.5, 0.6) is 0 Å². The molecule has 1 aliphatic carbocycles. The van der Waals surface area contributed by atoms with Gasteiger partial charge in [0.15, 0.2) is 0 Å². The molecule has 2 aliphatic rings. The van der Waals surface area contributed by atoms with Crippen molar-refractivity contribution in [1.82, 2.24) is 4.57 Å². The highest BCUT2D eigenvalue weighted by atomic mass is 32.2. The summed E-state index contributed by atoms with van der Waals surface area (Å²) in [6.07, 6.45) is 0. The molecule has 0 atom stereocenters. The van der Waals surface area contributed by atoms with Crippen molar-refractivity contribution in [2.24, 2.45) is 0 Å². The number of hydrogen-bond donors (Lipinski definition) is 0. The molecular formula is C43H25NOS. The Morgan fingerprint density at radius 1 is 0.435 bits per heavy atom. The van der Waals surface area contributed by atoms with Crippen molar-refractivity contribution in [2.75, 3.05) is 0 Å². The van der Waals surface area contributed by atoms with E-state index in [2.05, 4.69) is 144 Å². The van der Waals surface area contributed by atoms with Gasteiger partial charge >= 0.3 is 0 Å². The quantitative estimate of drug-likeness (QED) is 0.186. The lowest BCUT2D eigenvalue weighted by Gasteiger charge is -2.39. The van der Waals surface area contributed by atoms with Gasteiger partial charge in [-0.2, -0.15) is 0 Å². The van der Waals surface area contributed by atoms with E-state index in [1.54, 1.807) is 0 Å². The number of fused-ring (bicyclic) bond motifs is 15. The molecule has 0 saturated heterocycles. The van der Waals surface area contributed by atoms with Crippen molar-refractivity contribution in [3.05, 3.63) is 174 Å². The number of furan rings is 1. The van der Waals surface area contributed by atoms with Gasteiger partial charge in [0.1, 0.15) is 11.2 Å². The zero-order chi connectivity index (χ0) is 30.0. The second-order valence-corrected chi connectivity index (χ2v) is 13.5. The summed E-state index contributed by atoms with van der Waals surface area (Å²) in [5.41, 5.74) is 13.0. The van der Waals surface area contributed by atoms with E-state index in [9.17, 15) is 0 Å². The van der Waals surface area contributed by atoms with Gasteiger partial charge in [-0.1, -0.05) is 115 Å². The van der Waals surface area contributed by atoms with Gasteiger partial charge in [0.2, 0.25) is 0 Å². The molecule has 0 radical (unpaired) electrons. The molecule has 7 aromatic carbocycles. The molecule has 0 unspecified atom stereocenters. The monoisotopic (exact) mass is 603 g/mol. The van der Waals surface area contributed by atoms with Crippen LogP contribution in [0.25, 0.3) is 60.6 Å². The van der Waals surface area contributed by atoms with Gasteiger partial charge < -0.3 is 8.98 Å². The number of benzene rings is 7. The van der Waals surface area contributed by atoms with Gasteiger partial charge in [-0.3, -0.25) is 0 Å². The van der Waals surface area contributed by atoms with Crippen molar-refractivity contribution in [1.29, 1.82) is 0 Å². The third kappa shape index (κ3) is 2.99. The Kier molecular flexibility index (Phi) is 4.74. The molecule has 0 N–H and O–H groups in total. The van der Waals surface area contributed by atoms with Gasteiger partial charge in [-0.25, -0.2) is 0 Å². The molecule has 0 saturated carbocycles. The van der Waals surface area contributed by atoms with Crippen molar-refractivity contribution in [3.63, 3.8) is 0 Å². The fraction of sp³-hybridized carbons (Fsp3) is 0.0233. The Balaban J connectivity index is 1.26. The Bertz CT molecular complexity index is 2700. The molecule has 3 heteroatoms. The first-order chi connectivity index (χ1) is 22.8. The lowest BCUT2D eigenvalue weighted by atomic mass is 9.67. The third-order valence-corrected chi connectivity index (χ3v) is 11.4. The number of rotatable bonds is 1. The SMILES string of the molecule is c1ccc2c(c1)Sc1cc3c(cc1C21c2ccccc2-c2ccccc21)c1ccccc1n3-c1ccc2c(c1)oc1ccccc12. The van der Waals surface area contributed by atoms with Crippen LogP contribution in [0.2, 0.25) is 0 Å². The van der Waals surface area contributed by atoms with Gasteiger partial charge in [0, 0.05) is 43.1 Å². The van der Waals surface area contributed by atoms with Crippen LogP contribution in [-0.4, -0.2) is 4.57 Å². The van der Waals surface area contributed by atoms with Crippen LogP contribution < -0.4 is 0 Å². The average molecular weight is 604 g/mol. The summed E-state index contributed by atoms with van der Waals surface area (Å²) in [6, 6.07) is 55.8. The fourth-order valence-electron chi connectivity index (χ4n) is 8.45. The van der Waals surface area contributed by atoms with Gasteiger partial charge in [0.25, 0.3) is 0 Å². The van der Waals surface area contributed by atoms with Gasteiger partial charge in [0.05, 0.1) is 16.4 Å². The minimum Gasteiger partial charge on any atom is -0.456 e. The first-order valence-electron chi connectivity index (χ1n) is 15.8. The maximum absolute atomic E-state index is 6.36. The highest BCUT2D eigenvalue weighted by Crippen LogP contribution is 2.62. The summed E-state index contributed by atoms with van der Waals surface area (Å²) in [5.74, 6) is 0. The molecule has 1 aliphatic heterocycles. The average Bonchev–Trinajstić information content (AvgIpc) is 3.74. The standard InChI is InChI=1S/C43H25NOS/c1-5-15-33-27(11-1)28-12-2-6-16-34(28)43(33)35-17-7-10-20-41(35)46-42-25-38-32(24-36(42)43)29-13-3-8-18-37(29)44(38)26-21-22-31-30-14-4-9-19-39(30)45-40(31)23-26/h1-25H. The highest BCUT2D eigenvalue weighted by molar-refractivity contribution is 7.99. The molecular weight excluding hydrogens is 579 g/mol. The normalized spacial score (nSPS) is 14.2. The number of hydrogen-bond acceptors (Lipinski definition) is 2. The van der Waals surface area contributed by atoms with Crippen LogP contribution in [0.3, 0.4) is 0 Å². The smallest absolute Gasteiger partial charge is 0.137 e. The van der Waals surface area contributed by atoms with Crippen LogP contribution in [-0.2, 0) is 5.41 Å². The topological polar surface area (TPSA) is 18.1 Å². The Labute approximate surface area is 269 Å². The Morgan fingerprint density at radius 2 is 1.09 bits per heavy atom. The largest absolute Gasteiger partial charge is 0.456 e. The van der Waals surface area contributed by atoms with E-state index in [0.29, 0.717) is 0 Å². The van der Waals surface area contributed by atoms with E-state index in [4.69, 9.17) is 4.42 Å². The lowest BCUT2D eigenvalue weighted by Crippen LogP contribution is -2.31. The molecule has 11 rings (SSSR count). The number of nitrogens with zero attached hydrogens (tertiary/aromatic N) is 1. The van der Waals surface area contributed by atoms with Crippen LogP contribution in [0.1, 0.15) is 22.3 Å². The molecule has 0 amide bonds. The Morgan fingerprint density at radius 3 is 1.91 bits per heavy atom. The van der Waals surface area contributed by atoms with Gasteiger partial charge in [-0.05, 0) is 75.8 Å². The van der Waals surface area contributed by atoms with Crippen molar-refractivity contribution in [2.45, 2.75) is 15.2 Å². The van der Waals surface area contributed by atoms with E-state index in [1.165, 1.54) is 65.0 Å². The summed E-state index contributed by atoms with van der Waals surface area (Å²) < 4.78 is 8.78. The van der Waals surface area contributed by atoms with Crippen LogP contribution in [0.4, 0.5) is 0 Å². The molecule has 214 valence electrons. The minimum absolute atomic E-state index is 0.394. The predicted octanol–water partition coefficient (Wildman–Crippen LogP) is 11.5.